The molecule has 0 aliphatic rings. The van der Waals surface area contributed by atoms with Crippen molar-refractivity contribution in [2.24, 2.45) is 0 Å². The van der Waals surface area contributed by atoms with Gasteiger partial charge >= 0.3 is 0 Å². The average molecular weight is 157 g/mol. The maximum atomic E-state index is 5.23. The van der Waals surface area contributed by atoms with Crippen LogP contribution in [0.5, 0.6) is 0 Å². The van der Waals surface area contributed by atoms with E-state index < -0.39 is 0 Å². The summed E-state index contributed by atoms with van der Waals surface area (Å²) >= 11 is 0. The maximum Gasteiger partial charge on any atom is 0.286 e. The van der Waals surface area contributed by atoms with Crippen molar-refractivity contribution in [3.63, 3.8) is 0 Å². The minimum absolute atomic E-state index is 0.626. The molecule has 0 aromatic carbocycles. The van der Waals surface area contributed by atoms with Crippen LogP contribution in [0.2, 0.25) is 0 Å². The molecule has 12 heavy (non-hydrogen) atoms. The molecule has 0 amide bonds. The van der Waals surface area contributed by atoms with Crippen LogP contribution in [0.4, 0.5) is 0 Å². The van der Waals surface area contributed by atoms with E-state index in [1.54, 1.807) is 0 Å². The summed E-state index contributed by atoms with van der Waals surface area (Å²) in [5, 5.41) is 0. The van der Waals surface area contributed by atoms with Crippen LogP contribution in [0.1, 0.15) is 0 Å². The summed E-state index contributed by atoms with van der Waals surface area (Å²) in [6.07, 6.45) is 11.2. The van der Waals surface area contributed by atoms with Crippen molar-refractivity contribution < 1.29 is 4.57 Å². The third kappa shape index (κ3) is 0.960. The molecular formula is C10H9N2+. The van der Waals surface area contributed by atoms with Gasteiger partial charge in [0.2, 0.25) is 0 Å². The van der Waals surface area contributed by atoms with E-state index in [4.69, 9.17) is 6.42 Å². The van der Waals surface area contributed by atoms with Gasteiger partial charge in [0.05, 0.1) is 6.20 Å². The summed E-state index contributed by atoms with van der Waals surface area (Å²) in [5.74, 6) is 2.61. The smallest absolute Gasteiger partial charge is 0.219 e. The van der Waals surface area contributed by atoms with Gasteiger partial charge in [0, 0.05) is 6.07 Å². The molecule has 2 aromatic rings. The van der Waals surface area contributed by atoms with Crippen molar-refractivity contribution in [3.8, 4) is 12.3 Å². The van der Waals surface area contributed by atoms with Crippen LogP contribution in [0.15, 0.2) is 36.8 Å². The number of imidazole rings is 1. The summed E-state index contributed by atoms with van der Waals surface area (Å²) in [6, 6.07) is 6.03. The summed E-state index contributed by atoms with van der Waals surface area (Å²) in [4.78, 5) is 0. The highest BCUT2D eigenvalue weighted by molar-refractivity contribution is 5.30. The monoisotopic (exact) mass is 157 g/mol. The molecule has 0 atom stereocenters. The number of rotatable bonds is 1. The minimum Gasteiger partial charge on any atom is -0.219 e. The van der Waals surface area contributed by atoms with E-state index in [1.807, 2.05) is 45.8 Å². The first-order valence-electron chi connectivity index (χ1n) is 3.80. The Morgan fingerprint density at radius 2 is 2.33 bits per heavy atom. The zero-order valence-electron chi connectivity index (χ0n) is 6.64. The highest BCUT2D eigenvalue weighted by atomic mass is 15.1. The van der Waals surface area contributed by atoms with Gasteiger partial charge in [0.1, 0.15) is 12.4 Å². The lowest BCUT2D eigenvalue weighted by molar-refractivity contribution is -0.658. The van der Waals surface area contributed by atoms with Gasteiger partial charge in [-0.3, -0.25) is 0 Å². The first-order valence-corrected chi connectivity index (χ1v) is 3.80. The van der Waals surface area contributed by atoms with E-state index in [2.05, 4.69) is 5.92 Å². The lowest BCUT2D eigenvalue weighted by atomic mass is 10.5. The molecule has 2 nitrogen and oxygen atoms in total. The molecule has 2 aromatic heterocycles. The molecule has 0 fully saturated rings. The quantitative estimate of drug-likeness (QED) is 0.428. The van der Waals surface area contributed by atoms with E-state index in [0.717, 1.165) is 5.65 Å². The van der Waals surface area contributed by atoms with Gasteiger partial charge in [0.25, 0.3) is 5.65 Å². The third-order valence-corrected chi connectivity index (χ3v) is 1.83. The van der Waals surface area contributed by atoms with Gasteiger partial charge in [-0.05, 0) is 6.07 Å². The molecule has 0 bridgehead atoms. The molecule has 2 heteroatoms. The van der Waals surface area contributed by atoms with Gasteiger partial charge in [0.15, 0.2) is 6.54 Å². The average Bonchev–Trinajstić information content (AvgIpc) is 2.50. The van der Waals surface area contributed by atoms with Crippen molar-refractivity contribution in [1.29, 1.82) is 0 Å². The number of hydrogen-bond acceptors (Lipinski definition) is 0. The van der Waals surface area contributed by atoms with E-state index in [1.165, 1.54) is 0 Å². The van der Waals surface area contributed by atoms with Gasteiger partial charge in [-0.25, -0.2) is 8.97 Å². The molecule has 0 saturated heterocycles. The van der Waals surface area contributed by atoms with Gasteiger partial charge in [-0.2, -0.15) is 0 Å². The second kappa shape index (κ2) is 2.71. The van der Waals surface area contributed by atoms with Crippen molar-refractivity contribution in [2.75, 3.05) is 0 Å². The molecule has 0 radical (unpaired) electrons. The Labute approximate surface area is 71.1 Å². The summed E-state index contributed by atoms with van der Waals surface area (Å²) in [7, 11) is 0. The van der Waals surface area contributed by atoms with Crippen LogP contribution in [0.25, 0.3) is 5.65 Å². The molecule has 0 N–H and O–H groups in total. The van der Waals surface area contributed by atoms with Crippen LogP contribution in [-0.4, -0.2) is 4.40 Å². The Hall–Kier alpha value is -1.75. The summed E-state index contributed by atoms with van der Waals surface area (Å²) in [6.45, 7) is 0.626. The second-order valence-electron chi connectivity index (χ2n) is 2.60. The number of pyridine rings is 1. The van der Waals surface area contributed by atoms with E-state index in [-0.39, 0.29) is 0 Å². The Kier molecular flexibility index (Phi) is 1.56. The predicted molar refractivity (Wildman–Crippen MR) is 46.4 cm³/mol. The van der Waals surface area contributed by atoms with Gasteiger partial charge < -0.3 is 0 Å². The molecule has 0 unspecified atom stereocenters. The highest BCUT2D eigenvalue weighted by Crippen LogP contribution is 1.95. The second-order valence-corrected chi connectivity index (χ2v) is 2.60. The molecule has 2 rings (SSSR count). The normalized spacial score (nSPS) is 9.92. The highest BCUT2D eigenvalue weighted by Gasteiger charge is 2.04. The first-order chi connectivity index (χ1) is 5.92. The van der Waals surface area contributed by atoms with Crippen LogP contribution < -0.4 is 4.57 Å². The van der Waals surface area contributed by atoms with E-state index in [0.29, 0.717) is 6.54 Å². The predicted octanol–water partition coefficient (Wildman–Crippen LogP) is 0.860. The number of hydrogen-bond donors (Lipinski definition) is 0. The Balaban J connectivity index is 2.64. The standard InChI is InChI=1S/C10H9N2/c1-2-6-11-8-9-12-7-4-3-5-10(11)12/h1,3-5,7-9H,6H2/q+1. The van der Waals surface area contributed by atoms with E-state index >= 15 is 0 Å². The molecule has 0 spiro atoms. The van der Waals surface area contributed by atoms with Crippen molar-refractivity contribution >= 4 is 5.65 Å². The Morgan fingerprint density at radius 1 is 1.42 bits per heavy atom. The Morgan fingerprint density at radius 3 is 3.17 bits per heavy atom. The van der Waals surface area contributed by atoms with Crippen molar-refractivity contribution in [3.05, 3.63) is 36.8 Å². The number of fused-ring (bicyclic) bond motifs is 1. The topological polar surface area (TPSA) is 8.29 Å². The SMILES string of the molecule is C#CC[n+]1ccn2ccccc21. The molecule has 2 heterocycles. The van der Waals surface area contributed by atoms with Gasteiger partial charge in [-0.1, -0.05) is 12.0 Å². The molecule has 0 aliphatic heterocycles. The zero-order valence-corrected chi connectivity index (χ0v) is 6.64. The number of terminal acetylenes is 1. The van der Waals surface area contributed by atoms with Crippen molar-refractivity contribution in [1.82, 2.24) is 4.40 Å². The van der Waals surface area contributed by atoms with Crippen LogP contribution in [-0.2, 0) is 6.54 Å². The van der Waals surface area contributed by atoms with Crippen LogP contribution >= 0.6 is 0 Å². The number of aromatic nitrogens is 2. The van der Waals surface area contributed by atoms with Crippen molar-refractivity contribution in [2.45, 2.75) is 6.54 Å². The van der Waals surface area contributed by atoms with Gasteiger partial charge in [-0.15, -0.1) is 6.42 Å². The molecular weight excluding hydrogens is 148 g/mol. The maximum absolute atomic E-state index is 5.23. The third-order valence-electron chi connectivity index (χ3n) is 1.83. The fraction of sp³-hybridized carbons (Fsp3) is 0.100. The van der Waals surface area contributed by atoms with Crippen LogP contribution in [0.3, 0.4) is 0 Å². The number of nitrogens with zero attached hydrogens (tertiary/aromatic N) is 2. The van der Waals surface area contributed by atoms with E-state index in [9.17, 15) is 0 Å². The molecule has 0 saturated carbocycles. The minimum atomic E-state index is 0.626. The zero-order chi connectivity index (χ0) is 8.39. The molecule has 0 aliphatic carbocycles. The lowest BCUT2D eigenvalue weighted by Crippen LogP contribution is -2.31. The Bertz CT molecular complexity index is 434. The summed E-state index contributed by atoms with van der Waals surface area (Å²) in [5.41, 5.74) is 1.12. The fourth-order valence-electron chi connectivity index (χ4n) is 1.28. The largest absolute Gasteiger partial charge is 0.286 e. The lowest BCUT2D eigenvalue weighted by Gasteiger charge is -1.88. The van der Waals surface area contributed by atoms with Crippen LogP contribution in [0, 0.1) is 12.3 Å². The first kappa shape index (κ1) is 6.93. The molecule has 58 valence electrons. The fourth-order valence-corrected chi connectivity index (χ4v) is 1.28. The summed E-state index contributed by atoms with van der Waals surface area (Å²) < 4.78 is 4.07.